The van der Waals surface area contributed by atoms with Gasteiger partial charge >= 0.3 is 0 Å². The molecule has 0 bridgehead atoms. The maximum atomic E-state index is 13.3. The normalized spacial score (nSPS) is 11.9. The molecule has 0 aliphatic carbocycles. The van der Waals surface area contributed by atoms with Gasteiger partial charge in [-0.1, -0.05) is 42.6 Å². The van der Waals surface area contributed by atoms with E-state index in [2.05, 4.69) is 20.6 Å². The van der Waals surface area contributed by atoms with Gasteiger partial charge in [-0.25, -0.2) is 4.98 Å². The molecule has 0 fully saturated rings. The first-order chi connectivity index (χ1) is 14.3. The zero-order chi connectivity index (χ0) is 21.8. The number of nitrogens with one attached hydrogen (secondary N) is 2. The Morgan fingerprint density at radius 3 is 2.50 bits per heavy atom. The number of carbonyl (C=O) groups excluding carboxylic acids is 1. The second-order valence-corrected chi connectivity index (χ2v) is 8.58. The van der Waals surface area contributed by atoms with Gasteiger partial charge in [-0.2, -0.15) is 13.8 Å². The summed E-state index contributed by atoms with van der Waals surface area (Å²) in [6, 6.07) is 6.92. The van der Waals surface area contributed by atoms with Crippen molar-refractivity contribution in [3.8, 4) is 0 Å². The smallest absolute Gasteiger partial charge is 0.271 e. The highest BCUT2D eigenvalue weighted by Crippen LogP contribution is 2.30. The molecular formula is C20H18Cl2F2N4OS. The summed E-state index contributed by atoms with van der Waals surface area (Å²) in [6.07, 6.45) is 1.50. The molecule has 0 spiro atoms. The average molecular weight is 471 g/mol. The zero-order valence-electron chi connectivity index (χ0n) is 16.1. The van der Waals surface area contributed by atoms with Crippen molar-refractivity contribution < 1.29 is 13.6 Å². The number of hydrogen-bond acceptors (Lipinski definition) is 5. The van der Waals surface area contributed by atoms with E-state index in [0.717, 1.165) is 24.1 Å². The van der Waals surface area contributed by atoms with Crippen LogP contribution in [0.1, 0.15) is 46.7 Å². The predicted octanol–water partition coefficient (Wildman–Crippen LogP) is 6.45. The number of halogens is 4. The minimum absolute atomic E-state index is 0.150. The monoisotopic (exact) mass is 470 g/mol. The fourth-order valence-electron chi connectivity index (χ4n) is 2.93. The average Bonchev–Trinajstić information content (AvgIpc) is 3.00. The molecule has 10 heteroatoms. The van der Waals surface area contributed by atoms with Crippen LogP contribution in [0.15, 0.2) is 30.3 Å². The lowest BCUT2D eigenvalue weighted by atomic mass is 10.0. The van der Waals surface area contributed by atoms with E-state index in [0.29, 0.717) is 26.5 Å². The minimum atomic E-state index is -0.953. The summed E-state index contributed by atoms with van der Waals surface area (Å²) >= 11 is 13.5. The van der Waals surface area contributed by atoms with Gasteiger partial charge in [-0.05, 0) is 31.0 Å². The van der Waals surface area contributed by atoms with Crippen LogP contribution >= 0.6 is 34.5 Å². The van der Waals surface area contributed by atoms with Gasteiger partial charge in [-0.3, -0.25) is 4.79 Å². The SMILES string of the molecule is CCCC(NC(=O)c1nc(Nc2cc(F)nc(F)c2)sc1C)c1ccc(Cl)cc1Cl. The summed E-state index contributed by atoms with van der Waals surface area (Å²) in [7, 11) is 0. The molecule has 0 saturated heterocycles. The van der Waals surface area contributed by atoms with Crippen LogP contribution < -0.4 is 10.6 Å². The van der Waals surface area contributed by atoms with Crippen LogP contribution in [0.4, 0.5) is 19.6 Å². The Kier molecular flexibility index (Phi) is 7.23. The lowest BCUT2D eigenvalue weighted by Crippen LogP contribution is -2.29. The van der Waals surface area contributed by atoms with Crippen molar-refractivity contribution >= 4 is 51.3 Å². The van der Waals surface area contributed by atoms with Crippen LogP contribution in [0.5, 0.6) is 0 Å². The lowest BCUT2D eigenvalue weighted by molar-refractivity contribution is 0.0929. The second-order valence-electron chi connectivity index (χ2n) is 6.53. The van der Waals surface area contributed by atoms with E-state index in [4.69, 9.17) is 23.2 Å². The summed E-state index contributed by atoms with van der Waals surface area (Å²) in [5, 5.41) is 7.09. The van der Waals surface area contributed by atoms with Gasteiger partial charge in [0.15, 0.2) is 5.13 Å². The molecule has 3 aromatic rings. The molecule has 1 aromatic carbocycles. The van der Waals surface area contributed by atoms with E-state index in [1.54, 1.807) is 25.1 Å². The van der Waals surface area contributed by atoms with Crippen molar-refractivity contribution in [2.24, 2.45) is 0 Å². The first-order valence-electron chi connectivity index (χ1n) is 9.10. The third kappa shape index (κ3) is 5.44. The van der Waals surface area contributed by atoms with Crippen molar-refractivity contribution in [1.82, 2.24) is 15.3 Å². The van der Waals surface area contributed by atoms with Crippen LogP contribution in [-0.2, 0) is 0 Å². The highest BCUT2D eigenvalue weighted by Gasteiger charge is 2.22. The Balaban J connectivity index is 1.80. The Hall–Kier alpha value is -2.29. The molecule has 0 aliphatic rings. The second kappa shape index (κ2) is 9.68. The largest absolute Gasteiger partial charge is 0.344 e. The molecule has 2 aromatic heterocycles. The molecule has 2 heterocycles. The Bertz CT molecular complexity index is 1060. The number of benzene rings is 1. The number of hydrogen-bond donors (Lipinski definition) is 2. The number of rotatable bonds is 7. The van der Waals surface area contributed by atoms with Crippen LogP contribution in [0, 0.1) is 18.8 Å². The van der Waals surface area contributed by atoms with Gasteiger partial charge in [0.25, 0.3) is 5.91 Å². The molecule has 158 valence electrons. The number of aryl methyl sites for hydroxylation is 1. The molecular weight excluding hydrogens is 453 g/mol. The topological polar surface area (TPSA) is 66.9 Å². The van der Waals surface area contributed by atoms with Crippen molar-refractivity contribution in [2.45, 2.75) is 32.7 Å². The van der Waals surface area contributed by atoms with Crippen molar-refractivity contribution in [2.75, 3.05) is 5.32 Å². The maximum absolute atomic E-state index is 13.3. The zero-order valence-corrected chi connectivity index (χ0v) is 18.4. The highest BCUT2D eigenvalue weighted by molar-refractivity contribution is 7.15. The molecule has 0 saturated carbocycles. The molecule has 2 N–H and O–H groups in total. The standard InChI is InChI=1S/C20H18Cl2F2N4OS/c1-3-4-15(13-6-5-11(21)7-14(13)22)26-19(29)18-10(2)30-20(28-18)25-12-8-16(23)27-17(24)9-12/h5-9,15H,3-4H2,1-2H3,(H,26,29)(H,25,27,28). The van der Waals surface area contributed by atoms with E-state index in [9.17, 15) is 13.6 Å². The van der Waals surface area contributed by atoms with Gasteiger partial charge < -0.3 is 10.6 Å². The number of amides is 1. The third-order valence-corrected chi connectivity index (χ3v) is 5.70. The summed E-state index contributed by atoms with van der Waals surface area (Å²) in [5.41, 5.74) is 1.14. The van der Waals surface area contributed by atoms with E-state index < -0.39 is 11.9 Å². The molecule has 3 rings (SSSR count). The molecule has 1 atom stereocenters. The van der Waals surface area contributed by atoms with E-state index in [1.807, 2.05) is 6.92 Å². The van der Waals surface area contributed by atoms with Crippen molar-refractivity contribution in [3.63, 3.8) is 0 Å². The van der Waals surface area contributed by atoms with Crippen LogP contribution in [0.25, 0.3) is 0 Å². The van der Waals surface area contributed by atoms with Gasteiger partial charge in [0.2, 0.25) is 11.9 Å². The molecule has 1 unspecified atom stereocenters. The quantitative estimate of drug-likeness (QED) is 0.389. The van der Waals surface area contributed by atoms with Crippen LogP contribution in [0.2, 0.25) is 10.0 Å². The first-order valence-corrected chi connectivity index (χ1v) is 10.7. The van der Waals surface area contributed by atoms with Crippen LogP contribution in [-0.4, -0.2) is 15.9 Å². The Morgan fingerprint density at radius 1 is 1.17 bits per heavy atom. The van der Waals surface area contributed by atoms with Gasteiger partial charge in [0.05, 0.1) is 6.04 Å². The fourth-order valence-corrected chi connectivity index (χ4v) is 4.30. The summed E-state index contributed by atoms with van der Waals surface area (Å²) in [6.45, 7) is 3.75. The molecule has 5 nitrogen and oxygen atoms in total. The lowest BCUT2D eigenvalue weighted by Gasteiger charge is -2.19. The third-order valence-electron chi connectivity index (χ3n) is 4.25. The van der Waals surface area contributed by atoms with Gasteiger partial charge in [-0.15, -0.1) is 11.3 Å². The number of carbonyl (C=O) groups is 1. The molecule has 30 heavy (non-hydrogen) atoms. The van der Waals surface area contributed by atoms with Crippen molar-refractivity contribution in [3.05, 3.63) is 68.4 Å². The predicted molar refractivity (Wildman–Crippen MR) is 116 cm³/mol. The minimum Gasteiger partial charge on any atom is -0.344 e. The summed E-state index contributed by atoms with van der Waals surface area (Å²) in [5.74, 6) is -2.27. The summed E-state index contributed by atoms with van der Waals surface area (Å²) in [4.78, 5) is 20.9. The summed E-state index contributed by atoms with van der Waals surface area (Å²) < 4.78 is 26.6. The number of pyridine rings is 1. The number of anilines is 2. The van der Waals surface area contributed by atoms with Crippen molar-refractivity contribution in [1.29, 1.82) is 0 Å². The molecule has 1 amide bonds. The fraction of sp³-hybridized carbons (Fsp3) is 0.250. The van der Waals surface area contributed by atoms with Crippen LogP contribution in [0.3, 0.4) is 0 Å². The Morgan fingerprint density at radius 2 is 1.87 bits per heavy atom. The molecule has 0 radical (unpaired) electrons. The van der Waals surface area contributed by atoms with Gasteiger partial charge in [0.1, 0.15) is 5.69 Å². The maximum Gasteiger partial charge on any atom is 0.271 e. The number of thiazole rings is 1. The molecule has 0 aliphatic heterocycles. The highest BCUT2D eigenvalue weighted by atomic mass is 35.5. The Labute approximate surface area is 186 Å². The first kappa shape index (κ1) is 22.4. The van der Waals surface area contributed by atoms with E-state index >= 15 is 0 Å². The van der Waals surface area contributed by atoms with Gasteiger partial charge in [0, 0.05) is 32.7 Å². The number of aromatic nitrogens is 2. The van der Waals surface area contributed by atoms with E-state index in [-0.39, 0.29) is 23.3 Å². The number of nitrogens with zero attached hydrogens (tertiary/aromatic N) is 2. The van der Waals surface area contributed by atoms with E-state index in [1.165, 1.54) is 11.3 Å².